The summed E-state index contributed by atoms with van der Waals surface area (Å²) in [5, 5.41) is 47.1. The molecular formula is C24H34N12O13P2. The first-order valence-electron chi connectivity index (χ1n) is 15.3. The van der Waals surface area contributed by atoms with E-state index in [1.807, 2.05) is 0 Å². The van der Waals surface area contributed by atoms with Crippen molar-refractivity contribution < 1.29 is 57.1 Å². The highest BCUT2D eigenvalue weighted by Crippen LogP contribution is 2.54. The topological polar surface area (TPSA) is 354 Å². The third kappa shape index (κ3) is 6.78. The van der Waals surface area contributed by atoms with Crippen molar-refractivity contribution in [1.82, 2.24) is 49.2 Å². The van der Waals surface area contributed by atoms with Gasteiger partial charge in [0.2, 0.25) is 5.95 Å². The van der Waals surface area contributed by atoms with Crippen LogP contribution in [0.1, 0.15) is 12.5 Å². The number of aliphatic hydroxyl groups excluding tert-OH is 4. The summed E-state index contributed by atoms with van der Waals surface area (Å²) in [7, 11) is -9.09. The van der Waals surface area contributed by atoms with Crippen LogP contribution in [0.3, 0.4) is 0 Å². The van der Waals surface area contributed by atoms with Crippen LogP contribution >= 0.6 is 15.5 Å². The van der Waals surface area contributed by atoms with Crippen LogP contribution in [0.15, 0.2) is 23.8 Å². The van der Waals surface area contributed by atoms with Crippen LogP contribution < -0.4 is 27.2 Å². The molecule has 3 saturated heterocycles. The molecule has 0 saturated carbocycles. The molecular weight excluding hydrogens is 726 g/mol. The Labute approximate surface area is 285 Å². The number of nitrogens with one attached hydrogen (secondary N) is 3. The summed E-state index contributed by atoms with van der Waals surface area (Å²) < 4.78 is 66.5. The Bertz CT molecular complexity index is 2050. The van der Waals surface area contributed by atoms with E-state index in [1.165, 1.54) is 21.8 Å². The predicted octanol–water partition coefficient (Wildman–Crippen LogP) is -3.16. The van der Waals surface area contributed by atoms with Gasteiger partial charge in [-0.2, -0.15) is 4.98 Å². The Morgan fingerprint density at radius 3 is 2.12 bits per heavy atom. The molecule has 2 bridgehead atoms. The van der Waals surface area contributed by atoms with Crippen molar-refractivity contribution in [3.8, 4) is 0 Å². The Morgan fingerprint density at radius 2 is 1.43 bits per heavy atom. The second-order valence-electron chi connectivity index (χ2n) is 11.5. The van der Waals surface area contributed by atoms with Crippen LogP contribution in [-0.2, 0) is 36.7 Å². The number of imidazole rings is 2. The number of ether oxygens (including phenoxy) is 2. The van der Waals surface area contributed by atoms with Gasteiger partial charge in [-0.25, -0.2) is 39.2 Å². The normalized spacial score (nSPS) is 34.7. The van der Waals surface area contributed by atoms with Crippen LogP contribution in [0.4, 0.5) is 11.8 Å². The molecule has 0 aliphatic carbocycles. The smallest absolute Gasteiger partial charge is 0.395 e. The van der Waals surface area contributed by atoms with Crippen molar-refractivity contribution in [2.45, 2.75) is 49.1 Å². The minimum atomic E-state index is -4.57. The summed E-state index contributed by atoms with van der Waals surface area (Å²) in [6, 6.07) is 0. The average Bonchev–Trinajstić information content (AvgIpc) is 3.86. The Morgan fingerprint density at radius 1 is 0.824 bits per heavy atom. The summed E-state index contributed by atoms with van der Waals surface area (Å²) in [5.74, 6) is -0.204. The molecule has 4 aromatic rings. The minimum absolute atomic E-state index is 0.0552. The standard InChI is InChI=1S/C24H34N12O13P2/c25-18-12-19(28-7-27-18)35(8-29-12)22-15(40)16-11(47-22)6-45-51(43,32-2-4-38)49-17-14(39)10(5-44-50(42,48-16)31-1-3-37)46-23(17)36-9-30-13-20(36)33-24(26)34-21(13)41/h7-11,14-17,22-23,37-40H,1-6H2,(H,31,42)(H,32,43)(H2,25,27,28)(H3,26,33,34,41). The molecule has 27 heteroatoms. The van der Waals surface area contributed by atoms with E-state index in [2.05, 4.69) is 40.1 Å². The molecule has 0 amide bonds. The van der Waals surface area contributed by atoms with Crippen LogP contribution in [0.5, 0.6) is 0 Å². The zero-order valence-corrected chi connectivity index (χ0v) is 28.0. The van der Waals surface area contributed by atoms with Crippen LogP contribution in [-0.4, -0.2) is 136 Å². The number of fused-ring (bicyclic) bond motifs is 5. The number of nitrogens with zero attached hydrogens (tertiary/aromatic N) is 7. The molecule has 25 nitrogen and oxygen atoms in total. The second kappa shape index (κ2) is 14.1. The fourth-order valence-corrected chi connectivity index (χ4v) is 8.87. The van der Waals surface area contributed by atoms with E-state index in [0.717, 1.165) is 6.33 Å². The molecule has 3 fully saturated rings. The zero-order valence-electron chi connectivity index (χ0n) is 26.2. The van der Waals surface area contributed by atoms with E-state index >= 15 is 0 Å². The molecule has 51 heavy (non-hydrogen) atoms. The molecule has 278 valence electrons. The van der Waals surface area contributed by atoms with E-state index in [4.69, 9.17) is 39.0 Å². The van der Waals surface area contributed by atoms with Crippen molar-refractivity contribution in [2.24, 2.45) is 0 Å². The summed E-state index contributed by atoms with van der Waals surface area (Å²) in [5.41, 5.74) is 11.2. The molecule has 10 atom stereocenters. The van der Waals surface area contributed by atoms with Gasteiger partial charge in [-0.1, -0.05) is 0 Å². The number of nitrogen functional groups attached to an aromatic ring is 2. The van der Waals surface area contributed by atoms with E-state index in [0.29, 0.717) is 0 Å². The summed E-state index contributed by atoms with van der Waals surface area (Å²) in [6.45, 7) is -2.94. The molecule has 7 heterocycles. The molecule has 7 rings (SSSR count). The van der Waals surface area contributed by atoms with Gasteiger partial charge in [0.15, 0.2) is 35.1 Å². The number of nitrogens with two attached hydrogens (primary N) is 2. The Balaban J connectivity index is 1.27. The number of H-pyrrole nitrogens is 1. The molecule has 0 radical (unpaired) electrons. The molecule has 3 aliphatic rings. The van der Waals surface area contributed by atoms with E-state index in [-0.39, 0.29) is 47.2 Å². The summed E-state index contributed by atoms with van der Waals surface area (Å²) in [4.78, 5) is 35.2. The number of rotatable bonds is 8. The zero-order chi connectivity index (χ0) is 36.1. The number of aromatic amines is 1. The van der Waals surface area contributed by atoms with Gasteiger partial charge >= 0.3 is 15.5 Å². The van der Waals surface area contributed by atoms with Crippen LogP contribution in [0.25, 0.3) is 22.3 Å². The second-order valence-corrected chi connectivity index (χ2v) is 15.0. The van der Waals surface area contributed by atoms with Gasteiger partial charge in [-0.05, 0) is 0 Å². The van der Waals surface area contributed by atoms with Gasteiger partial charge in [-0.15, -0.1) is 0 Å². The van der Waals surface area contributed by atoms with Crippen molar-refractivity contribution in [1.29, 1.82) is 0 Å². The maximum atomic E-state index is 14.3. The first-order chi connectivity index (χ1) is 24.4. The number of hydrogen-bond acceptors (Lipinski definition) is 20. The lowest BCUT2D eigenvalue weighted by molar-refractivity contribution is -0.0609. The highest BCUT2D eigenvalue weighted by molar-refractivity contribution is 7.52. The summed E-state index contributed by atoms with van der Waals surface area (Å²) >= 11 is 0. The predicted molar refractivity (Wildman–Crippen MR) is 169 cm³/mol. The maximum Gasteiger partial charge on any atom is 0.406 e. The fraction of sp³-hybridized carbons (Fsp3) is 0.583. The maximum absolute atomic E-state index is 14.3. The number of anilines is 2. The average molecular weight is 761 g/mol. The molecule has 0 aromatic carbocycles. The van der Waals surface area contributed by atoms with Crippen molar-refractivity contribution >= 4 is 49.6 Å². The van der Waals surface area contributed by atoms with Gasteiger partial charge < -0.3 is 41.4 Å². The monoisotopic (exact) mass is 760 g/mol. The Hall–Kier alpha value is -3.52. The van der Waals surface area contributed by atoms with E-state index in [1.54, 1.807) is 0 Å². The van der Waals surface area contributed by atoms with Crippen LogP contribution in [0, 0.1) is 0 Å². The number of hydrogen-bond donors (Lipinski definition) is 9. The minimum Gasteiger partial charge on any atom is -0.395 e. The molecule has 11 N–H and O–H groups in total. The van der Waals surface area contributed by atoms with E-state index < -0.39 is 96.6 Å². The van der Waals surface area contributed by atoms with Gasteiger partial charge in [0.05, 0.1) is 39.1 Å². The molecule has 4 aromatic heterocycles. The Kier molecular flexibility index (Phi) is 9.94. The van der Waals surface area contributed by atoms with Gasteiger partial charge in [0, 0.05) is 13.1 Å². The van der Waals surface area contributed by atoms with Crippen molar-refractivity contribution in [3.63, 3.8) is 0 Å². The quantitative estimate of drug-likeness (QED) is 0.0800. The lowest BCUT2D eigenvalue weighted by atomic mass is 10.1. The first-order valence-corrected chi connectivity index (χ1v) is 18.4. The summed E-state index contributed by atoms with van der Waals surface area (Å²) in [6.07, 6.45) is -8.26. The highest BCUT2D eigenvalue weighted by atomic mass is 31.2. The lowest BCUT2D eigenvalue weighted by Crippen LogP contribution is -2.38. The number of aromatic nitrogens is 8. The first kappa shape index (κ1) is 35.9. The van der Waals surface area contributed by atoms with E-state index in [9.17, 15) is 34.4 Å². The third-order valence-corrected chi connectivity index (χ3v) is 11.4. The third-order valence-electron chi connectivity index (χ3n) is 8.18. The highest BCUT2D eigenvalue weighted by Gasteiger charge is 2.54. The van der Waals surface area contributed by atoms with Gasteiger partial charge in [-0.3, -0.25) is 37.0 Å². The van der Waals surface area contributed by atoms with Crippen molar-refractivity contribution in [2.75, 3.05) is 51.0 Å². The van der Waals surface area contributed by atoms with Gasteiger partial charge in [0.1, 0.15) is 48.5 Å². The number of aliphatic hydroxyl groups is 4. The fourth-order valence-electron chi connectivity index (χ4n) is 5.86. The van der Waals surface area contributed by atoms with Crippen LogP contribution in [0.2, 0.25) is 0 Å². The molecule has 10 unspecified atom stereocenters. The molecule has 3 aliphatic heterocycles. The molecule has 0 spiro atoms. The SMILES string of the molecule is Nc1nc2c(ncn2C2OC3COP(=O)(NCCO)OC4C(COP(=O)(NCCO)OC2C3O)OC(n2cnc3c(N)ncnc32)C4O)c(=O)[nH]1. The van der Waals surface area contributed by atoms with Crippen molar-refractivity contribution in [3.05, 3.63) is 29.3 Å². The largest absolute Gasteiger partial charge is 0.406 e. The van der Waals surface area contributed by atoms with Gasteiger partial charge in [0.25, 0.3) is 5.56 Å². The lowest BCUT2D eigenvalue weighted by Gasteiger charge is -2.29.